The number of carbonyl (C=O) groups is 3. The number of likely N-dealkylation sites (N-methyl/N-ethyl adjacent to an activating group) is 1. The van der Waals surface area contributed by atoms with Gasteiger partial charge in [-0.2, -0.15) is 0 Å². The maximum atomic E-state index is 13.8. The molecule has 8 heteroatoms. The number of halogens is 1. The molecule has 0 radical (unpaired) electrons. The molecule has 1 spiro atoms. The molecular formula is C27H33FN4O3. The molecule has 2 aliphatic heterocycles. The average molecular weight is 481 g/mol. The molecule has 2 aliphatic rings. The number of hydrogen-bond acceptors (Lipinski definition) is 4. The highest BCUT2D eigenvalue weighted by Gasteiger charge is 2.53. The summed E-state index contributed by atoms with van der Waals surface area (Å²) in [7, 11) is 1.81. The lowest BCUT2D eigenvalue weighted by molar-refractivity contribution is -0.139. The van der Waals surface area contributed by atoms with Gasteiger partial charge in [0.1, 0.15) is 17.4 Å². The molecule has 0 unspecified atom stereocenters. The van der Waals surface area contributed by atoms with Gasteiger partial charge in [-0.05, 0) is 61.6 Å². The lowest BCUT2D eigenvalue weighted by Crippen LogP contribution is -2.60. The van der Waals surface area contributed by atoms with Crippen molar-refractivity contribution in [2.45, 2.75) is 45.2 Å². The number of piperidine rings is 1. The van der Waals surface area contributed by atoms with Crippen molar-refractivity contribution >= 4 is 23.4 Å². The number of nitrogens with one attached hydrogen (secondary N) is 1. The first-order chi connectivity index (χ1) is 16.6. The van der Waals surface area contributed by atoms with Crippen LogP contribution in [-0.4, -0.2) is 65.9 Å². The Kier molecular flexibility index (Phi) is 6.83. The van der Waals surface area contributed by atoms with Crippen LogP contribution in [0, 0.1) is 18.7 Å². The van der Waals surface area contributed by atoms with E-state index in [0.29, 0.717) is 38.2 Å². The molecule has 186 valence electrons. The summed E-state index contributed by atoms with van der Waals surface area (Å²) < 4.78 is 13.8. The molecule has 1 atom stereocenters. The van der Waals surface area contributed by atoms with Crippen molar-refractivity contribution in [1.29, 1.82) is 0 Å². The molecule has 0 aliphatic carbocycles. The van der Waals surface area contributed by atoms with Crippen LogP contribution in [0.1, 0.15) is 42.6 Å². The van der Waals surface area contributed by atoms with Crippen LogP contribution < -0.4 is 10.2 Å². The minimum atomic E-state index is -0.743. The fourth-order valence-corrected chi connectivity index (χ4v) is 5.20. The zero-order valence-electron chi connectivity index (χ0n) is 20.8. The molecule has 2 aromatic carbocycles. The number of rotatable bonds is 5. The molecule has 2 heterocycles. The molecule has 0 saturated carbocycles. The van der Waals surface area contributed by atoms with E-state index in [2.05, 4.69) is 10.2 Å². The maximum Gasteiger partial charge on any atom is 0.252 e. The third-order valence-corrected chi connectivity index (χ3v) is 7.11. The maximum absolute atomic E-state index is 13.8. The predicted molar refractivity (Wildman–Crippen MR) is 132 cm³/mol. The SMILES string of the molecule is Cc1cc(F)cc(C(=O)N[C@@H](C(=O)N2CCC3(CC2)C(=O)N(C)CN3c2ccccc2)C(C)C)c1. The van der Waals surface area contributed by atoms with E-state index in [9.17, 15) is 18.8 Å². The Morgan fingerprint density at radius 2 is 1.71 bits per heavy atom. The molecule has 0 aromatic heterocycles. The number of carbonyl (C=O) groups excluding carboxylic acids is 3. The van der Waals surface area contributed by atoms with Crippen molar-refractivity contribution in [3.63, 3.8) is 0 Å². The van der Waals surface area contributed by atoms with E-state index < -0.39 is 23.3 Å². The average Bonchev–Trinajstić information content (AvgIpc) is 3.07. The van der Waals surface area contributed by atoms with Crippen LogP contribution in [-0.2, 0) is 9.59 Å². The first-order valence-corrected chi connectivity index (χ1v) is 12.1. The number of nitrogens with zero attached hydrogens (tertiary/aromatic N) is 3. The Bertz CT molecular complexity index is 1090. The second-order valence-corrected chi connectivity index (χ2v) is 9.98. The molecule has 4 rings (SSSR count). The van der Waals surface area contributed by atoms with Gasteiger partial charge in [0.05, 0.1) is 6.67 Å². The first-order valence-electron chi connectivity index (χ1n) is 12.1. The number of likely N-dealkylation sites (tertiary alicyclic amines) is 1. The number of anilines is 1. The zero-order valence-corrected chi connectivity index (χ0v) is 20.8. The molecule has 0 bridgehead atoms. The van der Waals surface area contributed by atoms with E-state index in [4.69, 9.17) is 0 Å². The van der Waals surface area contributed by atoms with Crippen molar-refractivity contribution in [3.05, 3.63) is 65.5 Å². The van der Waals surface area contributed by atoms with Gasteiger partial charge in [0, 0.05) is 31.4 Å². The van der Waals surface area contributed by atoms with Gasteiger partial charge in [-0.1, -0.05) is 32.0 Å². The fraction of sp³-hybridized carbons (Fsp3) is 0.444. The van der Waals surface area contributed by atoms with Crippen molar-refractivity contribution in [2.75, 3.05) is 31.7 Å². The number of benzene rings is 2. The molecule has 2 aromatic rings. The van der Waals surface area contributed by atoms with Crippen molar-refractivity contribution in [3.8, 4) is 0 Å². The third kappa shape index (κ3) is 4.74. The zero-order chi connectivity index (χ0) is 25.3. The summed E-state index contributed by atoms with van der Waals surface area (Å²) in [5.41, 5.74) is 1.14. The molecular weight excluding hydrogens is 447 g/mol. The number of aryl methyl sites for hydroxylation is 1. The van der Waals surface area contributed by atoms with E-state index in [1.54, 1.807) is 22.8 Å². The van der Waals surface area contributed by atoms with Gasteiger partial charge in [0.2, 0.25) is 11.8 Å². The molecule has 3 amide bonds. The minimum Gasteiger partial charge on any atom is -0.341 e. The smallest absolute Gasteiger partial charge is 0.252 e. The minimum absolute atomic E-state index is 0.0728. The van der Waals surface area contributed by atoms with E-state index in [1.165, 1.54) is 12.1 Å². The Morgan fingerprint density at radius 1 is 1.06 bits per heavy atom. The Balaban J connectivity index is 1.48. The van der Waals surface area contributed by atoms with Crippen LogP contribution in [0.2, 0.25) is 0 Å². The predicted octanol–water partition coefficient (Wildman–Crippen LogP) is 3.19. The number of hydrogen-bond donors (Lipinski definition) is 1. The van der Waals surface area contributed by atoms with Gasteiger partial charge < -0.3 is 20.0 Å². The standard InChI is InChI=1S/C27H33FN4O3/c1-18(2)23(29-24(33)20-14-19(3)15-21(28)16-20)25(34)31-12-10-27(11-13-31)26(35)30(4)17-32(27)22-8-6-5-7-9-22/h5-9,14-16,18,23H,10-13,17H2,1-4H3,(H,29,33)/t23-/m1/s1. The van der Waals surface area contributed by atoms with Gasteiger partial charge in [-0.25, -0.2) is 4.39 Å². The second-order valence-electron chi connectivity index (χ2n) is 9.98. The molecule has 7 nitrogen and oxygen atoms in total. The van der Waals surface area contributed by atoms with Crippen LogP contribution >= 0.6 is 0 Å². The molecule has 2 fully saturated rings. The summed E-state index contributed by atoms with van der Waals surface area (Å²) in [5.74, 6) is -1.23. The van der Waals surface area contributed by atoms with E-state index in [1.807, 2.05) is 51.2 Å². The number of amides is 3. The normalized spacial score (nSPS) is 18.3. The highest BCUT2D eigenvalue weighted by Crippen LogP contribution is 2.39. The summed E-state index contributed by atoms with van der Waals surface area (Å²) >= 11 is 0. The van der Waals surface area contributed by atoms with E-state index in [0.717, 1.165) is 5.69 Å². The Labute approximate surface area is 205 Å². The quantitative estimate of drug-likeness (QED) is 0.714. The summed E-state index contributed by atoms with van der Waals surface area (Å²) in [6, 6.07) is 13.3. The monoisotopic (exact) mass is 480 g/mol. The van der Waals surface area contributed by atoms with Gasteiger partial charge in [-0.3, -0.25) is 14.4 Å². The van der Waals surface area contributed by atoms with Gasteiger partial charge in [0.25, 0.3) is 5.91 Å². The van der Waals surface area contributed by atoms with Crippen LogP contribution in [0.5, 0.6) is 0 Å². The van der Waals surface area contributed by atoms with Crippen molar-refractivity contribution in [1.82, 2.24) is 15.1 Å². The van der Waals surface area contributed by atoms with Crippen molar-refractivity contribution in [2.24, 2.45) is 5.92 Å². The fourth-order valence-electron chi connectivity index (χ4n) is 5.20. The number of para-hydroxylation sites is 1. The highest BCUT2D eigenvalue weighted by atomic mass is 19.1. The third-order valence-electron chi connectivity index (χ3n) is 7.11. The molecule has 1 N–H and O–H groups in total. The first kappa shape index (κ1) is 24.7. The lowest BCUT2D eigenvalue weighted by Gasteiger charge is -2.44. The summed E-state index contributed by atoms with van der Waals surface area (Å²) in [5, 5.41) is 2.81. The van der Waals surface area contributed by atoms with Gasteiger partial charge in [-0.15, -0.1) is 0 Å². The van der Waals surface area contributed by atoms with Crippen molar-refractivity contribution < 1.29 is 18.8 Å². The van der Waals surface area contributed by atoms with E-state index in [-0.39, 0.29) is 23.3 Å². The van der Waals surface area contributed by atoms with Crippen LogP contribution in [0.3, 0.4) is 0 Å². The topological polar surface area (TPSA) is 73.0 Å². The Morgan fingerprint density at radius 3 is 2.31 bits per heavy atom. The molecule has 35 heavy (non-hydrogen) atoms. The van der Waals surface area contributed by atoms with E-state index >= 15 is 0 Å². The second kappa shape index (κ2) is 9.68. The largest absolute Gasteiger partial charge is 0.341 e. The van der Waals surface area contributed by atoms with Gasteiger partial charge >= 0.3 is 0 Å². The molecule has 2 saturated heterocycles. The summed E-state index contributed by atoms with van der Waals surface area (Å²) in [6.07, 6.45) is 1.03. The van der Waals surface area contributed by atoms with Crippen LogP contribution in [0.25, 0.3) is 0 Å². The highest BCUT2D eigenvalue weighted by molar-refractivity contribution is 5.98. The van der Waals surface area contributed by atoms with Crippen LogP contribution in [0.15, 0.2) is 48.5 Å². The van der Waals surface area contributed by atoms with Crippen LogP contribution in [0.4, 0.5) is 10.1 Å². The summed E-state index contributed by atoms with van der Waals surface area (Å²) in [4.78, 5) is 45.2. The van der Waals surface area contributed by atoms with Gasteiger partial charge in [0.15, 0.2) is 0 Å². The lowest BCUT2D eigenvalue weighted by atomic mass is 9.85. The summed E-state index contributed by atoms with van der Waals surface area (Å²) in [6.45, 7) is 6.80. The Hall–Kier alpha value is -3.42.